The first-order chi connectivity index (χ1) is 7.65. The van der Waals surface area contributed by atoms with Gasteiger partial charge in [-0.3, -0.25) is 0 Å². The summed E-state index contributed by atoms with van der Waals surface area (Å²) in [7, 11) is 0. The van der Waals surface area contributed by atoms with Gasteiger partial charge in [0.15, 0.2) is 0 Å². The van der Waals surface area contributed by atoms with E-state index in [-0.39, 0.29) is 6.10 Å². The molecule has 0 heterocycles. The SMILES string of the molecule is CCC[CH2][SnH]([CH2]CCC)[C]1(O)CCCC1O. The molecule has 16 heavy (non-hydrogen) atoms. The van der Waals surface area contributed by atoms with Gasteiger partial charge in [-0.2, -0.15) is 0 Å². The van der Waals surface area contributed by atoms with Gasteiger partial charge >= 0.3 is 107 Å². The van der Waals surface area contributed by atoms with Gasteiger partial charge in [-0.05, 0) is 0 Å². The molecule has 0 bridgehead atoms. The minimum atomic E-state index is -1.96. The van der Waals surface area contributed by atoms with Crippen LogP contribution in [0.2, 0.25) is 8.87 Å². The Kier molecular flexibility index (Phi) is 6.67. The third-order valence-electron chi connectivity index (χ3n) is 4.15. The summed E-state index contributed by atoms with van der Waals surface area (Å²) in [6.45, 7) is 4.44. The zero-order valence-electron chi connectivity index (χ0n) is 10.9. The average Bonchev–Trinajstić information content (AvgIpc) is 2.60. The second-order valence-electron chi connectivity index (χ2n) is 5.38. The Hall–Kier alpha value is 0.719. The molecule has 0 radical (unpaired) electrons. The molecule has 2 atom stereocenters. The van der Waals surface area contributed by atoms with Gasteiger partial charge in [0.1, 0.15) is 0 Å². The van der Waals surface area contributed by atoms with Crippen LogP contribution in [0, 0.1) is 0 Å². The van der Waals surface area contributed by atoms with Crippen molar-refractivity contribution < 1.29 is 10.2 Å². The Morgan fingerprint density at radius 3 is 2.12 bits per heavy atom. The van der Waals surface area contributed by atoms with Crippen molar-refractivity contribution in [2.45, 2.75) is 77.4 Å². The van der Waals surface area contributed by atoms with E-state index in [0.717, 1.165) is 19.3 Å². The van der Waals surface area contributed by atoms with Crippen LogP contribution in [-0.2, 0) is 0 Å². The molecule has 3 heteroatoms. The van der Waals surface area contributed by atoms with E-state index in [2.05, 4.69) is 13.8 Å². The Balaban J connectivity index is 2.58. The summed E-state index contributed by atoms with van der Waals surface area (Å²) in [6, 6.07) is 0. The summed E-state index contributed by atoms with van der Waals surface area (Å²) in [5.74, 6) is 0. The number of rotatable bonds is 7. The van der Waals surface area contributed by atoms with E-state index in [1.165, 1.54) is 34.6 Å². The van der Waals surface area contributed by atoms with Gasteiger partial charge in [-0.25, -0.2) is 0 Å². The number of aliphatic hydroxyl groups is 2. The summed E-state index contributed by atoms with van der Waals surface area (Å²) < 4.78 is 2.00. The summed E-state index contributed by atoms with van der Waals surface area (Å²) in [5.41, 5.74) is 0. The first-order valence-corrected chi connectivity index (χ1v) is 13.4. The summed E-state index contributed by atoms with van der Waals surface area (Å²) in [6.07, 6.45) is 7.35. The fourth-order valence-electron chi connectivity index (χ4n) is 3.02. The molecule has 2 N–H and O–H groups in total. The minimum absolute atomic E-state index is 0.387. The molecule has 1 aliphatic rings. The molecule has 0 aromatic heterocycles. The van der Waals surface area contributed by atoms with Crippen molar-refractivity contribution in [3.63, 3.8) is 0 Å². The molecule has 2 nitrogen and oxygen atoms in total. The van der Waals surface area contributed by atoms with Crippen molar-refractivity contribution in [3.8, 4) is 0 Å². The molecular formula is C13H28O2Sn. The third kappa shape index (κ3) is 3.61. The van der Waals surface area contributed by atoms with Crippen LogP contribution < -0.4 is 0 Å². The van der Waals surface area contributed by atoms with Crippen molar-refractivity contribution in [1.29, 1.82) is 0 Å². The Morgan fingerprint density at radius 2 is 1.75 bits per heavy atom. The van der Waals surface area contributed by atoms with Crippen LogP contribution in [0.4, 0.5) is 0 Å². The third-order valence-corrected chi connectivity index (χ3v) is 16.4. The van der Waals surface area contributed by atoms with Gasteiger partial charge < -0.3 is 0 Å². The van der Waals surface area contributed by atoms with Gasteiger partial charge in [0.2, 0.25) is 0 Å². The van der Waals surface area contributed by atoms with Crippen LogP contribution in [-0.4, -0.2) is 39.7 Å². The van der Waals surface area contributed by atoms with E-state index in [9.17, 15) is 10.2 Å². The number of aliphatic hydroxyl groups excluding tert-OH is 1. The number of unbranched alkanes of at least 4 members (excludes halogenated alkanes) is 2. The van der Waals surface area contributed by atoms with Gasteiger partial charge in [0.05, 0.1) is 0 Å². The maximum atomic E-state index is 10.7. The van der Waals surface area contributed by atoms with Crippen LogP contribution in [0.3, 0.4) is 0 Å². The molecule has 0 saturated heterocycles. The fraction of sp³-hybridized carbons (Fsp3) is 1.00. The van der Waals surface area contributed by atoms with Crippen molar-refractivity contribution in [1.82, 2.24) is 0 Å². The van der Waals surface area contributed by atoms with Crippen molar-refractivity contribution in [3.05, 3.63) is 0 Å². The van der Waals surface area contributed by atoms with Gasteiger partial charge in [0.25, 0.3) is 0 Å². The summed E-state index contributed by atoms with van der Waals surface area (Å²) in [4.78, 5) is 0. The first kappa shape index (κ1) is 14.8. The molecule has 0 spiro atoms. The monoisotopic (exact) mass is 336 g/mol. The van der Waals surface area contributed by atoms with Crippen LogP contribution in [0.5, 0.6) is 0 Å². The van der Waals surface area contributed by atoms with Crippen molar-refractivity contribution >= 4 is 19.8 Å². The zero-order valence-corrected chi connectivity index (χ0v) is 14.2. The van der Waals surface area contributed by atoms with Crippen LogP contribution in [0.15, 0.2) is 0 Å². The Bertz CT molecular complexity index is 190. The van der Waals surface area contributed by atoms with Gasteiger partial charge in [0, 0.05) is 0 Å². The Labute approximate surface area is 107 Å². The Morgan fingerprint density at radius 1 is 1.19 bits per heavy atom. The van der Waals surface area contributed by atoms with E-state index < -0.39 is 23.4 Å². The number of hydrogen-bond donors (Lipinski definition) is 2. The molecule has 0 amide bonds. The number of hydrogen-bond acceptors (Lipinski definition) is 2. The fourth-order valence-corrected chi connectivity index (χ4v) is 15.6. The van der Waals surface area contributed by atoms with Crippen molar-refractivity contribution in [2.24, 2.45) is 0 Å². The molecule has 0 aromatic carbocycles. The van der Waals surface area contributed by atoms with Gasteiger partial charge in [-0.1, -0.05) is 0 Å². The topological polar surface area (TPSA) is 40.5 Å². The van der Waals surface area contributed by atoms with E-state index in [1.807, 2.05) is 0 Å². The zero-order chi connectivity index (χ0) is 12.0. The molecule has 1 rings (SSSR count). The van der Waals surface area contributed by atoms with E-state index in [0.29, 0.717) is 0 Å². The molecular weight excluding hydrogens is 307 g/mol. The molecule has 1 fully saturated rings. The quantitative estimate of drug-likeness (QED) is 0.703. The normalized spacial score (nSPS) is 30.2. The predicted octanol–water partition coefficient (Wildman–Crippen LogP) is 2.63. The van der Waals surface area contributed by atoms with Crippen LogP contribution >= 0.6 is 0 Å². The van der Waals surface area contributed by atoms with Crippen LogP contribution in [0.25, 0.3) is 0 Å². The first-order valence-electron chi connectivity index (χ1n) is 7.05. The molecule has 1 aliphatic carbocycles. The molecule has 0 aliphatic heterocycles. The van der Waals surface area contributed by atoms with E-state index in [1.54, 1.807) is 0 Å². The standard InChI is InChI=1S/C5H9O2.2C4H9.Sn.H/c6-4-2-1-3-5(4)7;2*1-3-4-2;;/h4,6-7H,1-3H2;2*1,3-4H2,2H3;;. The molecule has 96 valence electrons. The van der Waals surface area contributed by atoms with E-state index >= 15 is 0 Å². The second kappa shape index (κ2) is 7.22. The second-order valence-corrected chi connectivity index (χ2v) is 15.5. The van der Waals surface area contributed by atoms with Crippen molar-refractivity contribution in [2.75, 3.05) is 0 Å². The predicted molar refractivity (Wildman–Crippen MR) is 71.4 cm³/mol. The summed E-state index contributed by atoms with van der Waals surface area (Å²) in [5, 5.41) is 20.7. The maximum absolute atomic E-state index is 10.7. The molecule has 2 unspecified atom stereocenters. The van der Waals surface area contributed by atoms with E-state index in [4.69, 9.17) is 0 Å². The molecule has 1 saturated carbocycles. The molecule has 0 aromatic rings. The van der Waals surface area contributed by atoms with Gasteiger partial charge in [-0.15, -0.1) is 0 Å². The average molecular weight is 335 g/mol. The summed E-state index contributed by atoms with van der Waals surface area (Å²) >= 11 is -1.96. The van der Waals surface area contributed by atoms with Crippen LogP contribution in [0.1, 0.15) is 58.8 Å².